The number of likely N-dealkylation sites (tertiary alicyclic amines) is 1. The van der Waals surface area contributed by atoms with Crippen molar-refractivity contribution in [2.24, 2.45) is 17.8 Å². The van der Waals surface area contributed by atoms with Crippen molar-refractivity contribution in [2.45, 2.75) is 81.6 Å². The Balaban J connectivity index is 1.52. The van der Waals surface area contributed by atoms with E-state index in [1.54, 1.807) is 17.1 Å². The van der Waals surface area contributed by atoms with E-state index in [4.69, 9.17) is 9.47 Å². The van der Waals surface area contributed by atoms with Crippen LogP contribution in [0.25, 0.3) is 0 Å². The third kappa shape index (κ3) is 7.82. The summed E-state index contributed by atoms with van der Waals surface area (Å²) in [6.07, 6.45) is 3.52. The van der Waals surface area contributed by atoms with Crippen molar-refractivity contribution >= 4 is 51.0 Å². The molecule has 11 nitrogen and oxygen atoms in total. The number of amides is 3. The number of aliphatic hydroxyl groups is 1. The molecule has 3 aliphatic rings. The molecule has 3 amide bonds. The fraction of sp³-hybridized carbons (Fsp3) is 0.512. The maximum absolute atomic E-state index is 15.1. The quantitative estimate of drug-likeness (QED) is 0.120. The smallest absolute Gasteiger partial charge is 0.306 e. The van der Waals surface area contributed by atoms with Gasteiger partial charge in [-0.25, -0.2) is 0 Å². The molecule has 0 aromatic heterocycles. The second kappa shape index (κ2) is 17.4. The normalized spacial score (nSPS) is 25.5. The number of carbonyl (C=O) groups excluding carboxylic acids is 4. The first-order valence-electron chi connectivity index (χ1n) is 18.6. The van der Waals surface area contributed by atoms with Gasteiger partial charge < -0.3 is 34.6 Å². The van der Waals surface area contributed by atoms with Crippen LogP contribution in [0.4, 0.5) is 11.4 Å². The summed E-state index contributed by atoms with van der Waals surface area (Å²) in [5.74, 6) is -3.80. The summed E-state index contributed by atoms with van der Waals surface area (Å²) in [5.41, 5.74) is 1.03. The predicted octanol–water partition coefficient (Wildman–Crippen LogP) is 5.18. The van der Waals surface area contributed by atoms with Gasteiger partial charge in [0.05, 0.1) is 36.6 Å². The van der Waals surface area contributed by atoms with E-state index in [1.165, 1.54) is 4.90 Å². The molecule has 286 valence electrons. The molecule has 2 aromatic rings. The molecular weight excluding hydrogens is 740 g/mol. The molecule has 1 unspecified atom stereocenters. The van der Waals surface area contributed by atoms with E-state index in [0.717, 1.165) is 24.3 Å². The van der Waals surface area contributed by atoms with Gasteiger partial charge in [0, 0.05) is 42.3 Å². The standard InChI is InChI=1S/C41H53BrN4O7/c1-7-11-17-33(48)52-25-31(27-15-13-12-14-16-27)43-38(49)34-35-39(50)46(32(24-47)26(5)6)37(41(35)23-30(42)36(34)53-41)40(51)45(22-8-2)29-20-18-28(19-21-29)44(9-3)10-4/h7-8,12-16,18-21,26,30-32,34-37,47H,1-2,9-11,17,22-25H2,3-6H3,(H,43,49)/t30?,31-,32+,34-,35+,36-,37-,41+/m1/s1. The van der Waals surface area contributed by atoms with Crippen LogP contribution in [0.3, 0.4) is 0 Å². The lowest BCUT2D eigenvalue weighted by atomic mass is 9.70. The van der Waals surface area contributed by atoms with E-state index in [0.29, 0.717) is 18.5 Å². The number of allylic oxidation sites excluding steroid dienone is 1. The average molecular weight is 794 g/mol. The van der Waals surface area contributed by atoms with Gasteiger partial charge >= 0.3 is 5.97 Å². The number of nitrogens with zero attached hydrogens (tertiary/aromatic N) is 3. The Hall–Kier alpha value is -4.00. The number of aliphatic hydroxyl groups excluding tert-OH is 1. The van der Waals surface area contributed by atoms with Crippen LogP contribution in [0.5, 0.6) is 0 Å². The summed E-state index contributed by atoms with van der Waals surface area (Å²) in [6.45, 7) is 16.9. The molecule has 1 spiro atoms. The zero-order chi connectivity index (χ0) is 38.4. The second-order valence-corrected chi connectivity index (χ2v) is 15.5. The Morgan fingerprint density at radius 1 is 1.08 bits per heavy atom. The van der Waals surface area contributed by atoms with Gasteiger partial charge in [0.2, 0.25) is 11.8 Å². The largest absolute Gasteiger partial charge is 0.463 e. The monoisotopic (exact) mass is 792 g/mol. The van der Waals surface area contributed by atoms with Crippen molar-refractivity contribution in [1.29, 1.82) is 0 Å². The molecule has 3 aliphatic heterocycles. The number of esters is 1. The Labute approximate surface area is 321 Å². The van der Waals surface area contributed by atoms with E-state index >= 15 is 4.79 Å². The fourth-order valence-electron chi connectivity index (χ4n) is 8.30. The highest BCUT2D eigenvalue weighted by atomic mass is 79.9. The van der Waals surface area contributed by atoms with Crippen molar-refractivity contribution in [3.05, 3.63) is 85.5 Å². The number of hydrogen-bond donors (Lipinski definition) is 2. The number of fused-ring (bicyclic) bond motifs is 1. The Kier molecular flexibility index (Phi) is 13.2. The number of alkyl halides is 1. The lowest BCUT2D eigenvalue weighted by molar-refractivity contribution is -0.147. The van der Waals surface area contributed by atoms with Crippen LogP contribution in [-0.2, 0) is 28.7 Å². The molecular formula is C41H53BrN4O7. The molecule has 3 fully saturated rings. The van der Waals surface area contributed by atoms with Crippen molar-refractivity contribution < 1.29 is 33.8 Å². The Morgan fingerprint density at radius 2 is 1.74 bits per heavy atom. The van der Waals surface area contributed by atoms with Crippen molar-refractivity contribution in [2.75, 3.05) is 42.6 Å². The van der Waals surface area contributed by atoms with Crippen LogP contribution >= 0.6 is 15.9 Å². The number of carbonyl (C=O) groups is 4. The number of ether oxygens (including phenoxy) is 2. The third-order valence-electron chi connectivity index (χ3n) is 10.9. The van der Waals surface area contributed by atoms with E-state index in [1.807, 2.05) is 68.4 Å². The summed E-state index contributed by atoms with van der Waals surface area (Å²) in [4.78, 5) is 61.9. The van der Waals surface area contributed by atoms with Crippen LogP contribution in [0.15, 0.2) is 79.9 Å². The van der Waals surface area contributed by atoms with Gasteiger partial charge in [-0.1, -0.05) is 72.3 Å². The first-order chi connectivity index (χ1) is 25.5. The Bertz CT molecular complexity index is 1630. The molecule has 3 heterocycles. The topological polar surface area (TPSA) is 129 Å². The van der Waals surface area contributed by atoms with Crippen LogP contribution in [0, 0.1) is 17.8 Å². The molecule has 2 bridgehead atoms. The third-order valence-corrected chi connectivity index (χ3v) is 11.8. The number of benzene rings is 2. The van der Waals surface area contributed by atoms with Gasteiger partial charge in [-0.15, -0.1) is 13.2 Å². The minimum Gasteiger partial charge on any atom is -0.463 e. The summed E-state index contributed by atoms with van der Waals surface area (Å²) >= 11 is 3.76. The lowest BCUT2D eigenvalue weighted by Crippen LogP contribution is -2.60. The predicted molar refractivity (Wildman–Crippen MR) is 209 cm³/mol. The Morgan fingerprint density at radius 3 is 2.32 bits per heavy atom. The zero-order valence-electron chi connectivity index (χ0n) is 31.2. The van der Waals surface area contributed by atoms with Gasteiger partial charge in [-0.2, -0.15) is 0 Å². The average Bonchev–Trinajstić information content (AvgIpc) is 3.75. The number of nitrogens with one attached hydrogen (secondary N) is 1. The highest BCUT2D eigenvalue weighted by Crippen LogP contribution is 2.61. The molecule has 3 saturated heterocycles. The molecule has 0 aliphatic carbocycles. The van der Waals surface area contributed by atoms with Gasteiger partial charge in [-0.05, 0) is 62.4 Å². The van der Waals surface area contributed by atoms with Crippen molar-refractivity contribution in [3.63, 3.8) is 0 Å². The van der Waals surface area contributed by atoms with E-state index < -0.39 is 59.5 Å². The molecule has 2 aromatic carbocycles. The number of anilines is 2. The molecule has 0 radical (unpaired) electrons. The molecule has 0 saturated carbocycles. The zero-order valence-corrected chi connectivity index (χ0v) is 32.7. The van der Waals surface area contributed by atoms with Crippen LogP contribution in [0.2, 0.25) is 0 Å². The highest BCUT2D eigenvalue weighted by molar-refractivity contribution is 9.09. The molecule has 12 heteroatoms. The van der Waals surface area contributed by atoms with Crippen molar-refractivity contribution in [1.82, 2.24) is 10.2 Å². The SMILES string of the molecule is C=CCCC(=O)OC[C@@H](NC(=O)[C@H]1[C@@H]2O[C@@]3(CC2Br)[C@@H]1C(=O)N([C@@H](CO)C(C)C)[C@@H]3C(=O)N(CC=C)c1ccc(N(CC)CC)cc1)c1ccccc1. The summed E-state index contributed by atoms with van der Waals surface area (Å²) in [5, 5.41) is 13.8. The fourth-order valence-corrected chi connectivity index (χ4v) is 9.24. The maximum atomic E-state index is 15.1. The van der Waals surface area contributed by atoms with Crippen molar-refractivity contribution in [3.8, 4) is 0 Å². The first-order valence-corrected chi connectivity index (χ1v) is 19.5. The second-order valence-electron chi connectivity index (χ2n) is 14.3. The molecule has 2 N–H and O–H groups in total. The summed E-state index contributed by atoms with van der Waals surface area (Å²) < 4.78 is 12.4. The van der Waals surface area contributed by atoms with E-state index in [-0.39, 0.29) is 42.8 Å². The molecule has 8 atom stereocenters. The minimum atomic E-state index is -1.35. The lowest BCUT2D eigenvalue weighted by Gasteiger charge is -2.40. The number of rotatable bonds is 18. The summed E-state index contributed by atoms with van der Waals surface area (Å²) in [7, 11) is 0. The highest BCUT2D eigenvalue weighted by Gasteiger charge is 2.77. The van der Waals surface area contributed by atoms with Crippen LogP contribution in [-0.4, -0.2) is 95.2 Å². The maximum Gasteiger partial charge on any atom is 0.306 e. The summed E-state index contributed by atoms with van der Waals surface area (Å²) in [6, 6.07) is 14.4. The number of hydrogen-bond acceptors (Lipinski definition) is 8. The molecule has 53 heavy (non-hydrogen) atoms. The van der Waals surface area contributed by atoms with Crippen LogP contribution in [0.1, 0.15) is 58.6 Å². The minimum absolute atomic E-state index is 0.109. The van der Waals surface area contributed by atoms with Gasteiger partial charge in [0.1, 0.15) is 18.2 Å². The van der Waals surface area contributed by atoms with Gasteiger partial charge in [0.15, 0.2) is 0 Å². The van der Waals surface area contributed by atoms with Gasteiger partial charge in [-0.3, -0.25) is 19.2 Å². The van der Waals surface area contributed by atoms with E-state index in [2.05, 4.69) is 53.2 Å². The molecule has 5 rings (SSSR count). The van der Waals surface area contributed by atoms with Crippen LogP contribution < -0.4 is 15.1 Å². The first kappa shape index (κ1) is 40.2. The van der Waals surface area contributed by atoms with Gasteiger partial charge in [0.25, 0.3) is 5.91 Å². The van der Waals surface area contributed by atoms with E-state index in [9.17, 15) is 19.5 Å². The number of halogens is 1.